The van der Waals surface area contributed by atoms with Crippen molar-refractivity contribution in [3.05, 3.63) is 72.7 Å². The number of para-hydroxylation sites is 1. The molecule has 31 heavy (non-hydrogen) atoms. The van der Waals surface area contributed by atoms with Gasteiger partial charge in [0.15, 0.2) is 0 Å². The van der Waals surface area contributed by atoms with Crippen LogP contribution in [0, 0.1) is 10.1 Å². The highest BCUT2D eigenvalue weighted by Crippen LogP contribution is 2.31. The SMILES string of the molecule is CC[C@H](C)c1nc2ccc(Br)cc2c(=O)n1N=Cc1cccc([N+](=O)[O-])c1OC(C)C. The first kappa shape index (κ1) is 22.6. The van der Waals surface area contributed by atoms with Gasteiger partial charge in [-0.05, 0) is 44.5 Å². The Labute approximate surface area is 187 Å². The summed E-state index contributed by atoms with van der Waals surface area (Å²) in [4.78, 5) is 28.9. The van der Waals surface area contributed by atoms with E-state index < -0.39 is 4.92 Å². The van der Waals surface area contributed by atoms with Crippen LogP contribution in [0.15, 0.2) is 50.8 Å². The minimum absolute atomic E-state index is 0.0191. The molecule has 0 aliphatic carbocycles. The zero-order chi connectivity index (χ0) is 22.7. The summed E-state index contributed by atoms with van der Waals surface area (Å²) in [7, 11) is 0. The summed E-state index contributed by atoms with van der Waals surface area (Å²) < 4.78 is 7.73. The zero-order valence-electron chi connectivity index (χ0n) is 17.7. The van der Waals surface area contributed by atoms with Crippen LogP contribution >= 0.6 is 15.9 Å². The van der Waals surface area contributed by atoms with Crippen molar-refractivity contribution in [3.63, 3.8) is 0 Å². The number of hydrogen-bond donors (Lipinski definition) is 0. The Bertz CT molecular complexity index is 1220. The summed E-state index contributed by atoms with van der Waals surface area (Å²) in [6.45, 7) is 7.55. The third-order valence-corrected chi connectivity index (χ3v) is 5.27. The smallest absolute Gasteiger partial charge is 0.311 e. The van der Waals surface area contributed by atoms with Gasteiger partial charge in [-0.1, -0.05) is 35.8 Å². The van der Waals surface area contributed by atoms with Crippen molar-refractivity contribution in [1.82, 2.24) is 9.66 Å². The second kappa shape index (κ2) is 9.38. The zero-order valence-corrected chi connectivity index (χ0v) is 19.3. The Morgan fingerprint density at radius 3 is 2.68 bits per heavy atom. The molecule has 162 valence electrons. The van der Waals surface area contributed by atoms with Crippen molar-refractivity contribution in [2.75, 3.05) is 0 Å². The highest BCUT2D eigenvalue weighted by molar-refractivity contribution is 9.10. The van der Waals surface area contributed by atoms with Crippen molar-refractivity contribution in [1.29, 1.82) is 0 Å². The molecule has 0 N–H and O–H groups in total. The quantitative estimate of drug-likeness (QED) is 0.258. The molecule has 0 aliphatic rings. The molecule has 0 spiro atoms. The van der Waals surface area contributed by atoms with Crippen molar-refractivity contribution >= 4 is 38.7 Å². The number of halogens is 1. The van der Waals surface area contributed by atoms with Crippen molar-refractivity contribution < 1.29 is 9.66 Å². The molecule has 0 bridgehead atoms. The maximum absolute atomic E-state index is 13.2. The number of benzene rings is 2. The van der Waals surface area contributed by atoms with E-state index in [9.17, 15) is 14.9 Å². The van der Waals surface area contributed by atoms with Gasteiger partial charge < -0.3 is 4.74 Å². The van der Waals surface area contributed by atoms with Gasteiger partial charge in [0, 0.05) is 22.0 Å². The molecule has 3 rings (SSSR count). The molecule has 0 aliphatic heterocycles. The number of fused-ring (bicyclic) bond motifs is 1. The minimum atomic E-state index is -0.499. The van der Waals surface area contributed by atoms with Crippen molar-refractivity contribution in [3.8, 4) is 5.75 Å². The average Bonchev–Trinajstić information content (AvgIpc) is 2.73. The summed E-state index contributed by atoms with van der Waals surface area (Å²) in [5.41, 5.74) is 0.524. The minimum Gasteiger partial charge on any atom is -0.484 e. The fourth-order valence-corrected chi connectivity index (χ4v) is 3.41. The van der Waals surface area contributed by atoms with Gasteiger partial charge >= 0.3 is 5.69 Å². The molecule has 8 nitrogen and oxygen atoms in total. The molecule has 3 aromatic rings. The van der Waals surface area contributed by atoms with Crippen LogP contribution in [0.25, 0.3) is 10.9 Å². The van der Waals surface area contributed by atoms with Crippen LogP contribution in [0.4, 0.5) is 5.69 Å². The molecule has 0 unspecified atom stereocenters. The van der Waals surface area contributed by atoms with Gasteiger partial charge in [-0.2, -0.15) is 9.78 Å². The summed E-state index contributed by atoms with van der Waals surface area (Å²) in [5.74, 6) is 0.616. The molecule has 9 heteroatoms. The number of ether oxygens (including phenoxy) is 1. The Balaban J connectivity index is 2.21. The standard InChI is InChI=1S/C22H23BrN4O4/c1-5-14(4)21-25-18-10-9-16(23)11-17(18)22(28)26(21)24-12-15-7-6-8-19(27(29)30)20(15)31-13(2)3/h6-14H,5H2,1-4H3/t14-/m0/s1. The van der Waals surface area contributed by atoms with Crippen LogP contribution in [0.5, 0.6) is 5.75 Å². The van der Waals surface area contributed by atoms with E-state index in [0.717, 1.165) is 10.9 Å². The lowest BCUT2D eigenvalue weighted by Crippen LogP contribution is -2.23. The maximum atomic E-state index is 13.2. The van der Waals surface area contributed by atoms with E-state index >= 15 is 0 Å². The predicted octanol–water partition coefficient (Wildman–Crippen LogP) is 5.25. The van der Waals surface area contributed by atoms with E-state index in [0.29, 0.717) is 22.3 Å². The summed E-state index contributed by atoms with van der Waals surface area (Å²) >= 11 is 3.39. The lowest BCUT2D eigenvalue weighted by atomic mass is 10.1. The first-order valence-electron chi connectivity index (χ1n) is 9.93. The highest BCUT2D eigenvalue weighted by Gasteiger charge is 2.20. The lowest BCUT2D eigenvalue weighted by molar-refractivity contribution is -0.386. The van der Waals surface area contributed by atoms with Gasteiger partial charge in [0.1, 0.15) is 5.82 Å². The Hall–Kier alpha value is -3.07. The second-order valence-corrected chi connectivity index (χ2v) is 8.34. The number of aromatic nitrogens is 2. The van der Waals surface area contributed by atoms with E-state index in [2.05, 4.69) is 26.0 Å². The van der Waals surface area contributed by atoms with Crippen LogP contribution in [-0.2, 0) is 0 Å². The molecular formula is C22H23BrN4O4. The molecule has 0 fully saturated rings. The Morgan fingerprint density at radius 1 is 1.29 bits per heavy atom. The van der Waals surface area contributed by atoms with E-state index in [1.165, 1.54) is 17.0 Å². The predicted molar refractivity (Wildman–Crippen MR) is 124 cm³/mol. The Morgan fingerprint density at radius 2 is 2.03 bits per heavy atom. The second-order valence-electron chi connectivity index (χ2n) is 7.42. The highest BCUT2D eigenvalue weighted by atomic mass is 79.9. The third-order valence-electron chi connectivity index (χ3n) is 4.77. The van der Waals surface area contributed by atoms with Gasteiger partial charge in [0.05, 0.1) is 28.1 Å². The van der Waals surface area contributed by atoms with Crippen LogP contribution in [0.3, 0.4) is 0 Å². The molecular weight excluding hydrogens is 464 g/mol. The molecule has 0 amide bonds. The third kappa shape index (κ3) is 4.82. The van der Waals surface area contributed by atoms with E-state index in [1.807, 2.05) is 19.9 Å². The monoisotopic (exact) mass is 486 g/mol. The molecule has 1 heterocycles. The maximum Gasteiger partial charge on any atom is 0.311 e. The van der Waals surface area contributed by atoms with Crippen LogP contribution in [0.2, 0.25) is 0 Å². The first-order valence-corrected chi connectivity index (χ1v) is 10.7. The van der Waals surface area contributed by atoms with Crippen molar-refractivity contribution in [2.45, 2.75) is 46.1 Å². The number of nitro benzene ring substituents is 1. The number of nitrogens with zero attached hydrogens (tertiary/aromatic N) is 4. The normalized spacial score (nSPS) is 12.6. The molecule has 0 radical (unpaired) electrons. The number of hydrogen-bond acceptors (Lipinski definition) is 6. The number of rotatable bonds is 7. The van der Waals surface area contributed by atoms with E-state index in [4.69, 9.17) is 4.74 Å². The summed E-state index contributed by atoms with van der Waals surface area (Å²) in [5, 5.41) is 16.3. The average molecular weight is 487 g/mol. The van der Waals surface area contributed by atoms with Crippen LogP contribution in [0.1, 0.15) is 51.4 Å². The summed E-state index contributed by atoms with van der Waals surface area (Å²) in [6.07, 6.45) is 1.90. The van der Waals surface area contributed by atoms with Gasteiger partial charge in [0.2, 0.25) is 5.75 Å². The van der Waals surface area contributed by atoms with Gasteiger partial charge in [-0.15, -0.1) is 0 Å². The van der Waals surface area contributed by atoms with E-state index in [1.54, 1.807) is 38.1 Å². The molecule has 0 saturated carbocycles. The fourth-order valence-electron chi connectivity index (χ4n) is 3.05. The molecule has 1 atom stereocenters. The first-order chi connectivity index (χ1) is 14.7. The van der Waals surface area contributed by atoms with E-state index in [-0.39, 0.29) is 29.0 Å². The number of nitro groups is 1. The van der Waals surface area contributed by atoms with Crippen molar-refractivity contribution in [2.24, 2.45) is 5.10 Å². The Kier molecular flexibility index (Phi) is 6.84. The van der Waals surface area contributed by atoms with Gasteiger partial charge in [-0.25, -0.2) is 4.98 Å². The molecule has 1 aromatic heterocycles. The largest absolute Gasteiger partial charge is 0.484 e. The van der Waals surface area contributed by atoms with Crippen LogP contribution in [-0.4, -0.2) is 26.9 Å². The van der Waals surface area contributed by atoms with Gasteiger partial charge in [-0.3, -0.25) is 14.9 Å². The lowest BCUT2D eigenvalue weighted by Gasteiger charge is -2.15. The van der Waals surface area contributed by atoms with Crippen LogP contribution < -0.4 is 10.3 Å². The fraction of sp³-hybridized carbons (Fsp3) is 0.318. The summed E-state index contributed by atoms with van der Waals surface area (Å²) in [6, 6.07) is 9.92. The molecule has 0 saturated heterocycles. The van der Waals surface area contributed by atoms with Gasteiger partial charge in [0.25, 0.3) is 5.56 Å². The molecule has 2 aromatic carbocycles. The topological polar surface area (TPSA) is 99.6 Å².